The van der Waals surface area contributed by atoms with Crippen LogP contribution in [0, 0.1) is 12.7 Å². The molecule has 0 spiro atoms. The SMILES string of the molecule is Cc1cccc(CSCC(=O)NCc2ccc(Oc3cccnc3)c(F)c2)c1. The van der Waals surface area contributed by atoms with Gasteiger partial charge in [-0.3, -0.25) is 9.78 Å². The molecule has 1 amide bonds. The maximum atomic E-state index is 14.2. The van der Waals surface area contributed by atoms with E-state index in [1.54, 1.807) is 42.2 Å². The summed E-state index contributed by atoms with van der Waals surface area (Å²) in [6, 6.07) is 16.3. The molecule has 1 aromatic heterocycles. The number of carbonyl (C=O) groups is 1. The quantitative estimate of drug-likeness (QED) is 0.590. The van der Waals surface area contributed by atoms with Crippen molar-refractivity contribution in [3.8, 4) is 11.5 Å². The van der Waals surface area contributed by atoms with Gasteiger partial charge in [0.1, 0.15) is 5.75 Å². The van der Waals surface area contributed by atoms with E-state index in [0.29, 0.717) is 17.1 Å². The van der Waals surface area contributed by atoms with Crippen molar-refractivity contribution >= 4 is 17.7 Å². The van der Waals surface area contributed by atoms with Crippen molar-refractivity contribution in [2.24, 2.45) is 0 Å². The van der Waals surface area contributed by atoms with E-state index in [-0.39, 0.29) is 18.2 Å². The Labute approximate surface area is 168 Å². The van der Waals surface area contributed by atoms with Crippen LogP contribution in [0.3, 0.4) is 0 Å². The second-order valence-corrected chi connectivity index (χ2v) is 7.30. The molecule has 0 aliphatic rings. The number of nitrogens with zero attached hydrogens (tertiary/aromatic N) is 1. The number of benzene rings is 2. The normalized spacial score (nSPS) is 10.5. The molecule has 3 rings (SSSR count). The van der Waals surface area contributed by atoms with Gasteiger partial charge in [-0.1, -0.05) is 35.9 Å². The van der Waals surface area contributed by atoms with Crippen LogP contribution in [0.4, 0.5) is 4.39 Å². The Morgan fingerprint density at radius 1 is 1.14 bits per heavy atom. The lowest BCUT2D eigenvalue weighted by Gasteiger charge is -2.09. The maximum absolute atomic E-state index is 14.2. The summed E-state index contributed by atoms with van der Waals surface area (Å²) in [5, 5.41) is 2.82. The van der Waals surface area contributed by atoms with Crippen LogP contribution in [0.1, 0.15) is 16.7 Å². The van der Waals surface area contributed by atoms with Crippen molar-refractivity contribution in [2.45, 2.75) is 19.2 Å². The number of pyridine rings is 1. The van der Waals surface area contributed by atoms with E-state index >= 15 is 0 Å². The molecule has 2 aromatic carbocycles. The average molecular weight is 396 g/mol. The number of ether oxygens (including phenoxy) is 1. The molecule has 1 heterocycles. The molecule has 0 aliphatic carbocycles. The van der Waals surface area contributed by atoms with Crippen molar-refractivity contribution in [3.63, 3.8) is 0 Å². The minimum Gasteiger partial charge on any atom is -0.453 e. The summed E-state index contributed by atoms with van der Waals surface area (Å²) >= 11 is 1.55. The number of thioether (sulfide) groups is 1. The third kappa shape index (κ3) is 6.09. The second-order valence-electron chi connectivity index (χ2n) is 6.31. The Morgan fingerprint density at radius 3 is 2.79 bits per heavy atom. The minimum absolute atomic E-state index is 0.0752. The van der Waals surface area contributed by atoms with Crippen LogP contribution < -0.4 is 10.1 Å². The van der Waals surface area contributed by atoms with Gasteiger partial charge in [-0.2, -0.15) is 0 Å². The molecule has 0 aliphatic heterocycles. The minimum atomic E-state index is -0.482. The third-order valence-electron chi connectivity index (χ3n) is 3.93. The molecule has 0 saturated carbocycles. The van der Waals surface area contributed by atoms with E-state index in [9.17, 15) is 9.18 Å². The smallest absolute Gasteiger partial charge is 0.230 e. The molecule has 28 heavy (non-hydrogen) atoms. The molecule has 144 valence electrons. The van der Waals surface area contributed by atoms with Crippen molar-refractivity contribution in [1.82, 2.24) is 10.3 Å². The van der Waals surface area contributed by atoms with Gasteiger partial charge < -0.3 is 10.1 Å². The monoisotopic (exact) mass is 396 g/mol. The fourth-order valence-electron chi connectivity index (χ4n) is 2.59. The fourth-order valence-corrected chi connectivity index (χ4v) is 3.39. The van der Waals surface area contributed by atoms with Gasteiger partial charge in [-0.25, -0.2) is 4.39 Å². The van der Waals surface area contributed by atoms with E-state index in [1.165, 1.54) is 23.4 Å². The van der Waals surface area contributed by atoms with Crippen LogP contribution >= 0.6 is 11.8 Å². The second kappa shape index (κ2) is 9.90. The highest BCUT2D eigenvalue weighted by Crippen LogP contribution is 2.24. The van der Waals surface area contributed by atoms with Crippen LogP contribution in [0.2, 0.25) is 0 Å². The molecule has 4 nitrogen and oxygen atoms in total. The summed E-state index contributed by atoms with van der Waals surface area (Å²) in [6.45, 7) is 2.32. The van der Waals surface area contributed by atoms with Crippen molar-refractivity contribution < 1.29 is 13.9 Å². The van der Waals surface area contributed by atoms with E-state index in [0.717, 1.165) is 5.75 Å². The Bertz CT molecular complexity index is 935. The number of hydrogen-bond acceptors (Lipinski definition) is 4. The molecule has 0 saturated heterocycles. The number of nitrogens with one attached hydrogen (secondary N) is 1. The number of halogens is 1. The topological polar surface area (TPSA) is 51.2 Å². The van der Waals surface area contributed by atoms with E-state index in [4.69, 9.17) is 4.74 Å². The molecule has 0 fully saturated rings. The number of aryl methyl sites for hydroxylation is 1. The third-order valence-corrected chi connectivity index (χ3v) is 4.94. The van der Waals surface area contributed by atoms with Gasteiger partial charge in [0.05, 0.1) is 11.9 Å². The molecule has 3 aromatic rings. The first-order chi connectivity index (χ1) is 13.6. The van der Waals surface area contributed by atoms with Crippen LogP contribution in [0.25, 0.3) is 0 Å². The van der Waals surface area contributed by atoms with Crippen LogP contribution in [-0.4, -0.2) is 16.6 Å². The van der Waals surface area contributed by atoms with Crippen LogP contribution in [0.5, 0.6) is 11.5 Å². The van der Waals surface area contributed by atoms with Gasteiger partial charge in [0.15, 0.2) is 11.6 Å². The highest BCUT2D eigenvalue weighted by molar-refractivity contribution is 7.99. The van der Waals surface area contributed by atoms with Crippen LogP contribution in [0.15, 0.2) is 67.0 Å². The summed E-state index contributed by atoms with van der Waals surface area (Å²) < 4.78 is 19.7. The summed E-state index contributed by atoms with van der Waals surface area (Å²) in [6.07, 6.45) is 3.14. The highest BCUT2D eigenvalue weighted by atomic mass is 32.2. The first-order valence-corrected chi connectivity index (χ1v) is 10.0. The molecular formula is C22H21FN2O2S. The van der Waals surface area contributed by atoms with Gasteiger partial charge in [0.25, 0.3) is 0 Å². The van der Waals surface area contributed by atoms with Crippen molar-refractivity contribution in [2.75, 3.05) is 5.75 Å². The van der Waals surface area contributed by atoms with Gasteiger partial charge in [-0.15, -0.1) is 11.8 Å². The number of aromatic nitrogens is 1. The average Bonchev–Trinajstić information content (AvgIpc) is 2.69. The van der Waals surface area contributed by atoms with E-state index in [1.807, 2.05) is 19.1 Å². The van der Waals surface area contributed by atoms with Crippen molar-refractivity contribution in [3.05, 3.63) is 89.5 Å². The molecule has 1 N–H and O–H groups in total. The lowest BCUT2D eigenvalue weighted by Crippen LogP contribution is -2.24. The van der Waals surface area contributed by atoms with E-state index < -0.39 is 5.82 Å². The van der Waals surface area contributed by atoms with Crippen LogP contribution in [-0.2, 0) is 17.1 Å². The lowest BCUT2D eigenvalue weighted by molar-refractivity contribution is -0.118. The zero-order valence-corrected chi connectivity index (χ0v) is 16.3. The molecule has 0 atom stereocenters. The van der Waals surface area contributed by atoms with E-state index in [2.05, 4.69) is 22.4 Å². The zero-order chi connectivity index (χ0) is 19.8. The Hall–Kier alpha value is -2.86. The first-order valence-electron chi connectivity index (χ1n) is 8.86. The summed E-state index contributed by atoms with van der Waals surface area (Å²) in [4.78, 5) is 15.9. The summed E-state index contributed by atoms with van der Waals surface area (Å²) in [7, 11) is 0. The van der Waals surface area contributed by atoms with Gasteiger partial charge in [0.2, 0.25) is 5.91 Å². The molecule has 0 bridgehead atoms. The lowest BCUT2D eigenvalue weighted by atomic mass is 10.2. The summed E-state index contributed by atoms with van der Waals surface area (Å²) in [5.74, 6) is 1.17. The van der Waals surface area contributed by atoms with Crippen molar-refractivity contribution in [1.29, 1.82) is 0 Å². The number of hydrogen-bond donors (Lipinski definition) is 1. The molecule has 6 heteroatoms. The first kappa shape index (κ1) is 19.9. The number of carbonyl (C=O) groups excluding carboxylic acids is 1. The largest absolute Gasteiger partial charge is 0.453 e. The number of amides is 1. The number of rotatable bonds is 8. The fraction of sp³-hybridized carbons (Fsp3) is 0.182. The van der Waals surface area contributed by atoms with Gasteiger partial charge >= 0.3 is 0 Å². The Morgan fingerprint density at radius 2 is 2.04 bits per heavy atom. The Kier molecular flexibility index (Phi) is 7.03. The summed E-state index contributed by atoms with van der Waals surface area (Å²) in [5.41, 5.74) is 3.08. The van der Waals surface area contributed by atoms with Gasteiger partial charge in [0, 0.05) is 18.5 Å². The van der Waals surface area contributed by atoms with Gasteiger partial charge in [-0.05, 0) is 42.3 Å². The molecule has 0 unspecified atom stereocenters. The molecule has 0 radical (unpaired) electrons. The predicted molar refractivity (Wildman–Crippen MR) is 110 cm³/mol. The zero-order valence-electron chi connectivity index (χ0n) is 15.5. The standard InChI is InChI=1S/C22H21FN2O2S/c1-16-4-2-5-18(10-16)14-28-15-22(26)25-12-17-7-8-21(20(23)11-17)27-19-6-3-9-24-13-19/h2-11,13H,12,14-15H2,1H3,(H,25,26). The molecular weight excluding hydrogens is 375 g/mol. The predicted octanol–water partition coefficient (Wildman–Crippen LogP) is 4.87. The maximum Gasteiger partial charge on any atom is 0.230 e. The highest BCUT2D eigenvalue weighted by Gasteiger charge is 2.08. The Balaban J connectivity index is 1.45.